The maximum atomic E-state index is 12.6. The Morgan fingerprint density at radius 1 is 1.24 bits per heavy atom. The van der Waals surface area contributed by atoms with Gasteiger partial charge in [-0.05, 0) is 56.4 Å². The fraction of sp³-hybridized carbons (Fsp3) is 0.571. The summed E-state index contributed by atoms with van der Waals surface area (Å²) in [5.41, 5.74) is -0.736. The third-order valence-electron chi connectivity index (χ3n) is 6.61. The second kappa shape index (κ2) is 7.85. The third kappa shape index (κ3) is 4.29. The van der Waals surface area contributed by atoms with Crippen LogP contribution in [0.15, 0.2) is 28.7 Å². The lowest BCUT2D eigenvalue weighted by Crippen LogP contribution is -2.77. The van der Waals surface area contributed by atoms with E-state index in [1.807, 2.05) is 0 Å². The molecule has 4 saturated carbocycles. The molecule has 6 rings (SSSR count). The van der Waals surface area contributed by atoms with Crippen LogP contribution in [0.5, 0.6) is 5.75 Å². The number of benzene rings is 1. The smallest absolute Gasteiger partial charge is 0.478 e. The first kappa shape index (κ1) is 22.4. The van der Waals surface area contributed by atoms with Crippen molar-refractivity contribution in [2.45, 2.75) is 67.5 Å². The third-order valence-corrected chi connectivity index (χ3v) is 6.86. The topological polar surface area (TPSA) is 107 Å². The van der Waals surface area contributed by atoms with Crippen LogP contribution in [-0.4, -0.2) is 51.9 Å². The second-order valence-electron chi connectivity index (χ2n) is 9.12. The molecule has 0 radical (unpaired) electrons. The average Bonchev–Trinajstić information content (AvgIpc) is 3.13. The van der Waals surface area contributed by atoms with Gasteiger partial charge in [0.2, 0.25) is 11.8 Å². The molecule has 1 aromatic heterocycles. The highest BCUT2D eigenvalue weighted by molar-refractivity contribution is 6.30. The van der Waals surface area contributed by atoms with E-state index in [1.165, 1.54) is 0 Å². The van der Waals surface area contributed by atoms with Crippen LogP contribution in [0.25, 0.3) is 0 Å². The molecule has 4 fully saturated rings. The van der Waals surface area contributed by atoms with Crippen molar-refractivity contribution in [2.75, 3.05) is 6.61 Å². The quantitative estimate of drug-likeness (QED) is 0.588. The number of ether oxygens (including phenoxy) is 2. The first-order chi connectivity index (χ1) is 15.6. The summed E-state index contributed by atoms with van der Waals surface area (Å²) >= 11 is 5.84. The van der Waals surface area contributed by atoms with Crippen LogP contribution in [0.4, 0.5) is 13.2 Å². The Labute approximate surface area is 191 Å². The largest absolute Gasteiger partial charge is 0.522 e. The van der Waals surface area contributed by atoms with Crippen molar-refractivity contribution >= 4 is 17.5 Å². The molecule has 1 aromatic carbocycles. The van der Waals surface area contributed by atoms with Gasteiger partial charge in [0.25, 0.3) is 5.91 Å². The molecule has 8 nitrogen and oxygen atoms in total. The molecule has 2 N–H and O–H groups in total. The zero-order valence-electron chi connectivity index (χ0n) is 17.3. The van der Waals surface area contributed by atoms with Gasteiger partial charge in [0.05, 0.1) is 18.1 Å². The number of carbonyl (C=O) groups is 1. The first-order valence-corrected chi connectivity index (χ1v) is 10.9. The highest BCUT2D eigenvalue weighted by Crippen LogP contribution is 2.67. The lowest BCUT2D eigenvalue weighted by Gasteiger charge is -2.68. The molecule has 1 atom stereocenters. The number of hydrogen-bond donors (Lipinski definition) is 2. The summed E-state index contributed by atoms with van der Waals surface area (Å²) in [6.07, 6.45) is -4.39. The maximum Gasteiger partial charge on any atom is 0.522 e. The van der Waals surface area contributed by atoms with Crippen LogP contribution in [0.1, 0.15) is 49.8 Å². The SMILES string of the molecule is O=C(NC12CC(c3nnc(C4CC(OC(F)(F)F)C4)o3)(C1)C2)[C@H](CO)Oc1ccc(Cl)cc1. The van der Waals surface area contributed by atoms with Gasteiger partial charge in [-0.2, -0.15) is 0 Å². The number of aliphatic hydroxyl groups excluding tert-OH is 1. The predicted octanol–water partition coefficient (Wildman–Crippen LogP) is 3.24. The van der Waals surface area contributed by atoms with E-state index in [-0.39, 0.29) is 24.2 Å². The van der Waals surface area contributed by atoms with Gasteiger partial charge in [0.1, 0.15) is 5.75 Å². The van der Waals surface area contributed by atoms with Gasteiger partial charge in [0, 0.05) is 16.5 Å². The van der Waals surface area contributed by atoms with E-state index in [0.29, 0.717) is 41.8 Å². The number of hydrogen-bond acceptors (Lipinski definition) is 7. The van der Waals surface area contributed by atoms with Crippen molar-refractivity contribution in [3.8, 4) is 5.75 Å². The Hall–Kier alpha value is -2.37. The normalized spacial score (nSPS) is 31.1. The molecule has 1 amide bonds. The number of nitrogens with one attached hydrogen (secondary N) is 1. The Morgan fingerprint density at radius 3 is 2.52 bits per heavy atom. The molecule has 33 heavy (non-hydrogen) atoms. The number of alkyl halides is 3. The number of halogens is 4. The monoisotopic (exact) mass is 487 g/mol. The van der Waals surface area contributed by atoms with E-state index in [1.54, 1.807) is 24.3 Å². The van der Waals surface area contributed by atoms with Crippen LogP contribution >= 0.6 is 11.6 Å². The molecule has 2 bridgehead atoms. The summed E-state index contributed by atoms with van der Waals surface area (Å²) in [6.45, 7) is -0.483. The zero-order chi connectivity index (χ0) is 23.4. The van der Waals surface area contributed by atoms with Crippen LogP contribution < -0.4 is 10.1 Å². The standard InChI is InChI=1S/C21H21ClF3N3O5/c22-12-1-3-13(4-2-12)31-15(7-29)16(30)26-20-8-19(9-20,10-20)18-28-27-17(32-18)11-5-14(6-11)33-21(23,24)25/h1-4,11,14-15,29H,5-10H2,(H,26,30)/t11?,14?,15-,19?,20?/m0/s1. The average molecular weight is 488 g/mol. The van der Waals surface area contributed by atoms with Gasteiger partial charge in [-0.25, -0.2) is 0 Å². The number of aliphatic hydroxyl groups is 1. The first-order valence-electron chi connectivity index (χ1n) is 10.5. The number of carbonyl (C=O) groups excluding carboxylic acids is 1. The summed E-state index contributed by atoms with van der Waals surface area (Å²) in [4.78, 5) is 12.6. The van der Waals surface area contributed by atoms with Gasteiger partial charge in [-0.3, -0.25) is 9.53 Å². The van der Waals surface area contributed by atoms with E-state index in [0.717, 1.165) is 0 Å². The molecule has 1 heterocycles. The van der Waals surface area contributed by atoms with E-state index >= 15 is 0 Å². The van der Waals surface area contributed by atoms with Crippen LogP contribution in [-0.2, 0) is 14.9 Å². The summed E-state index contributed by atoms with van der Waals surface area (Å²) in [7, 11) is 0. The lowest BCUT2D eigenvalue weighted by atomic mass is 9.39. The summed E-state index contributed by atoms with van der Waals surface area (Å²) in [6, 6.07) is 6.47. The molecular formula is C21H21ClF3N3O5. The molecular weight excluding hydrogens is 467 g/mol. The van der Waals surface area contributed by atoms with Gasteiger partial charge in [0.15, 0.2) is 6.10 Å². The van der Waals surface area contributed by atoms with Crippen LogP contribution in [0.3, 0.4) is 0 Å². The molecule has 0 saturated heterocycles. The van der Waals surface area contributed by atoms with Crippen molar-refractivity contribution in [1.82, 2.24) is 15.5 Å². The molecule has 2 aromatic rings. The lowest BCUT2D eigenvalue weighted by molar-refractivity contribution is -0.352. The van der Waals surface area contributed by atoms with Crippen LogP contribution in [0.2, 0.25) is 5.02 Å². The Kier molecular flexibility index (Phi) is 5.33. The van der Waals surface area contributed by atoms with Crippen molar-refractivity contribution in [3.05, 3.63) is 41.1 Å². The fourth-order valence-electron chi connectivity index (χ4n) is 5.01. The fourth-order valence-corrected chi connectivity index (χ4v) is 5.13. The molecule has 178 valence electrons. The van der Waals surface area contributed by atoms with Gasteiger partial charge in [-0.15, -0.1) is 23.4 Å². The summed E-state index contributed by atoms with van der Waals surface area (Å²) in [5.74, 6) is 0.531. The molecule has 4 aliphatic rings. The number of nitrogens with zero attached hydrogens (tertiary/aromatic N) is 2. The summed E-state index contributed by atoms with van der Waals surface area (Å²) in [5, 5.41) is 21.2. The van der Waals surface area contributed by atoms with Crippen molar-refractivity contribution in [3.63, 3.8) is 0 Å². The Morgan fingerprint density at radius 2 is 1.91 bits per heavy atom. The van der Waals surface area contributed by atoms with E-state index < -0.39 is 36.6 Å². The summed E-state index contributed by atoms with van der Waals surface area (Å²) < 4.78 is 52.1. The maximum absolute atomic E-state index is 12.6. The van der Waals surface area contributed by atoms with Gasteiger partial charge >= 0.3 is 6.36 Å². The highest BCUT2D eigenvalue weighted by Gasteiger charge is 2.72. The molecule has 0 spiro atoms. The molecule has 12 heteroatoms. The van der Waals surface area contributed by atoms with E-state index in [4.69, 9.17) is 20.8 Å². The van der Waals surface area contributed by atoms with Crippen LogP contribution in [0, 0.1) is 0 Å². The molecule has 0 unspecified atom stereocenters. The van der Waals surface area contributed by atoms with Crippen molar-refractivity contribution in [1.29, 1.82) is 0 Å². The van der Waals surface area contributed by atoms with Gasteiger partial charge < -0.3 is 19.6 Å². The minimum atomic E-state index is -4.64. The number of amides is 1. The predicted molar refractivity (Wildman–Crippen MR) is 107 cm³/mol. The Balaban J connectivity index is 1.12. The zero-order valence-corrected chi connectivity index (χ0v) is 18.0. The van der Waals surface area contributed by atoms with E-state index in [2.05, 4.69) is 20.3 Å². The molecule has 4 aliphatic carbocycles. The van der Waals surface area contributed by atoms with Crippen molar-refractivity contribution < 1.29 is 37.0 Å². The van der Waals surface area contributed by atoms with E-state index in [9.17, 15) is 23.1 Å². The number of rotatable bonds is 8. The number of aromatic nitrogens is 2. The Bertz CT molecular complexity index is 1020. The second-order valence-corrected chi connectivity index (χ2v) is 9.56. The minimum absolute atomic E-state index is 0.185. The molecule has 0 aliphatic heterocycles. The van der Waals surface area contributed by atoms with Crippen molar-refractivity contribution in [2.24, 2.45) is 0 Å². The minimum Gasteiger partial charge on any atom is -0.478 e. The highest BCUT2D eigenvalue weighted by atomic mass is 35.5. The van der Waals surface area contributed by atoms with Gasteiger partial charge in [-0.1, -0.05) is 11.6 Å².